The van der Waals surface area contributed by atoms with Gasteiger partial charge in [-0.3, -0.25) is 9.69 Å². The van der Waals surface area contributed by atoms with Gasteiger partial charge in [-0.15, -0.1) is 0 Å². The third-order valence-electron chi connectivity index (χ3n) is 4.93. The lowest BCUT2D eigenvalue weighted by atomic mass is 10.2. The van der Waals surface area contributed by atoms with Gasteiger partial charge in [-0.25, -0.2) is 0 Å². The van der Waals surface area contributed by atoms with E-state index in [4.69, 9.17) is 14.2 Å². The minimum atomic E-state index is -0.213. The normalized spacial score (nSPS) is 14.5. The van der Waals surface area contributed by atoms with Crippen LogP contribution in [0.3, 0.4) is 0 Å². The van der Waals surface area contributed by atoms with Gasteiger partial charge >= 0.3 is 0 Å². The van der Waals surface area contributed by atoms with E-state index in [2.05, 4.69) is 15.1 Å². The van der Waals surface area contributed by atoms with Gasteiger partial charge in [0.2, 0.25) is 0 Å². The molecule has 0 radical (unpaired) electrons. The molecule has 1 aliphatic heterocycles. The zero-order valence-electron chi connectivity index (χ0n) is 17.1. The highest BCUT2D eigenvalue weighted by molar-refractivity contribution is 5.92. The van der Waals surface area contributed by atoms with Crippen LogP contribution >= 0.6 is 0 Å². The summed E-state index contributed by atoms with van der Waals surface area (Å²) in [5.74, 6) is 0.938. The van der Waals surface area contributed by atoms with Crippen molar-refractivity contribution in [3.05, 3.63) is 48.5 Å². The van der Waals surface area contributed by atoms with Crippen LogP contribution in [0.5, 0.6) is 11.5 Å². The van der Waals surface area contributed by atoms with Crippen molar-refractivity contribution in [3.63, 3.8) is 0 Å². The number of hydrogen-bond donors (Lipinski definition) is 1. The van der Waals surface area contributed by atoms with Crippen LogP contribution in [-0.4, -0.2) is 71.0 Å². The highest BCUT2D eigenvalue weighted by Gasteiger charge is 2.17. The molecule has 7 nitrogen and oxygen atoms in total. The number of carbonyl (C=O) groups excluding carboxylic acids is 1. The number of carbonyl (C=O) groups is 1. The molecule has 2 aromatic rings. The summed E-state index contributed by atoms with van der Waals surface area (Å²) < 4.78 is 15.9. The van der Waals surface area contributed by atoms with Gasteiger partial charge in [-0.1, -0.05) is 12.1 Å². The maximum absolute atomic E-state index is 12.2. The van der Waals surface area contributed by atoms with E-state index in [1.807, 2.05) is 36.4 Å². The number of piperazine rings is 1. The molecule has 0 unspecified atom stereocenters. The number of para-hydroxylation sites is 2. The summed E-state index contributed by atoms with van der Waals surface area (Å²) >= 11 is 0. The van der Waals surface area contributed by atoms with Gasteiger partial charge in [-0.05, 0) is 36.4 Å². The number of nitrogens with one attached hydrogen (secondary N) is 1. The molecule has 156 valence electrons. The summed E-state index contributed by atoms with van der Waals surface area (Å²) in [7, 11) is 3.31. The van der Waals surface area contributed by atoms with Crippen molar-refractivity contribution in [1.82, 2.24) is 4.90 Å². The van der Waals surface area contributed by atoms with Gasteiger partial charge in [0.15, 0.2) is 18.1 Å². The van der Waals surface area contributed by atoms with Crippen molar-refractivity contribution in [2.75, 3.05) is 70.4 Å². The third-order valence-corrected chi connectivity index (χ3v) is 4.93. The molecular weight excluding hydrogens is 370 g/mol. The summed E-state index contributed by atoms with van der Waals surface area (Å²) in [5, 5.41) is 2.86. The summed E-state index contributed by atoms with van der Waals surface area (Å²) in [6.07, 6.45) is 0. The Morgan fingerprint density at radius 1 is 0.966 bits per heavy atom. The Morgan fingerprint density at radius 2 is 1.66 bits per heavy atom. The molecule has 0 bridgehead atoms. The Hall–Kier alpha value is -2.77. The Bertz CT molecular complexity index is 774. The van der Waals surface area contributed by atoms with Crippen LogP contribution in [0.4, 0.5) is 11.4 Å². The Balaban J connectivity index is 1.46. The molecule has 1 aliphatic rings. The maximum atomic E-state index is 12.2. The fraction of sp³-hybridized carbons (Fsp3) is 0.409. The summed E-state index contributed by atoms with van der Waals surface area (Å²) in [6, 6.07) is 15.2. The fourth-order valence-electron chi connectivity index (χ4n) is 3.28. The molecule has 2 aromatic carbocycles. The highest BCUT2D eigenvalue weighted by Crippen LogP contribution is 2.25. The smallest absolute Gasteiger partial charge is 0.262 e. The molecule has 0 spiro atoms. The lowest BCUT2D eigenvalue weighted by Crippen LogP contribution is -2.47. The molecular formula is C22H29N3O4. The van der Waals surface area contributed by atoms with Crippen molar-refractivity contribution >= 4 is 17.3 Å². The first-order valence-electron chi connectivity index (χ1n) is 9.81. The van der Waals surface area contributed by atoms with Gasteiger partial charge in [0.1, 0.15) is 0 Å². The fourth-order valence-corrected chi connectivity index (χ4v) is 3.28. The topological polar surface area (TPSA) is 63.3 Å². The van der Waals surface area contributed by atoms with E-state index in [0.29, 0.717) is 11.5 Å². The number of nitrogens with zero attached hydrogens (tertiary/aromatic N) is 2. The number of rotatable bonds is 9. The molecule has 0 aliphatic carbocycles. The van der Waals surface area contributed by atoms with Gasteiger partial charge in [0.25, 0.3) is 5.91 Å². The zero-order valence-corrected chi connectivity index (χ0v) is 17.1. The quantitative estimate of drug-likeness (QED) is 0.699. The number of anilines is 2. The van der Waals surface area contributed by atoms with Crippen molar-refractivity contribution in [3.8, 4) is 11.5 Å². The van der Waals surface area contributed by atoms with Crippen LogP contribution in [0.25, 0.3) is 0 Å². The molecule has 0 saturated carbocycles. The van der Waals surface area contributed by atoms with Crippen molar-refractivity contribution < 1.29 is 19.0 Å². The molecule has 1 heterocycles. The van der Waals surface area contributed by atoms with Gasteiger partial charge in [-0.2, -0.15) is 0 Å². The molecule has 7 heteroatoms. The molecule has 1 saturated heterocycles. The third kappa shape index (κ3) is 6.10. The van der Waals surface area contributed by atoms with E-state index < -0.39 is 0 Å². The first kappa shape index (κ1) is 21.0. The second kappa shape index (κ2) is 10.7. The SMILES string of the molecule is COCCN1CCN(c2ccc(NC(=O)COc3ccccc3OC)cc2)CC1. The minimum Gasteiger partial charge on any atom is -0.493 e. The number of hydrogen-bond acceptors (Lipinski definition) is 6. The van der Waals surface area contributed by atoms with Crippen LogP contribution in [-0.2, 0) is 9.53 Å². The number of methoxy groups -OCH3 is 2. The summed E-state index contributed by atoms with van der Waals surface area (Å²) in [4.78, 5) is 17.0. The van der Waals surface area contributed by atoms with Gasteiger partial charge < -0.3 is 24.4 Å². The Morgan fingerprint density at radius 3 is 2.31 bits per heavy atom. The maximum Gasteiger partial charge on any atom is 0.262 e. The molecule has 1 amide bonds. The second-order valence-electron chi connectivity index (χ2n) is 6.86. The summed E-state index contributed by atoms with van der Waals surface area (Å²) in [6.45, 7) is 5.71. The molecule has 29 heavy (non-hydrogen) atoms. The van der Waals surface area contributed by atoms with Crippen molar-refractivity contribution in [2.24, 2.45) is 0 Å². The van der Waals surface area contributed by atoms with E-state index in [1.54, 1.807) is 26.4 Å². The number of amides is 1. The zero-order chi connectivity index (χ0) is 20.5. The van der Waals surface area contributed by atoms with Crippen molar-refractivity contribution in [2.45, 2.75) is 0 Å². The van der Waals surface area contributed by atoms with Gasteiger partial charge in [0.05, 0.1) is 13.7 Å². The Labute approximate surface area is 172 Å². The largest absolute Gasteiger partial charge is 0.493 e. The highest BCUT2D eigenvalue weighted by atomic mass is 16.5. The van der Waals surface area contributed by atoms with Crippen molar-refractivity contribution in [1.29, 1.82) is 0 Å². The standard InChI is InChI=1S/C22H29N3O4/c1-27-16-15-24-11-13-25(14-12-24)19-9-7-18(8-10-19)23-22(26)17-29-21-6-4-3-5-20(21)28-2/h3-10H,11-17H2,1-2H3,(H,23,26). The average molecular weight is 399 g/mol. The van der Waals surface area contributed by atoms with Crippen LogP contribution < -0.4 is 19.7 Å². The van der Waals surface area contributed by atoms with E-state index in [0.717, 1.165) is 45.0 Å². The molecule has 1 fully saturated rings. The van der Waals surface area contributed by atoms with Crippen LogP contribution in [0.15, 0.2) is 48.5 Å². The Kier molecular flexibility index (Phi) is 7.72. The lowest BCUT2D eigenvalue weighted by Gasteiger charge is -2.36. The van der Waals surface area contributed by atoms with E-state index in [1.165, 1.54) is 5.69 Å². The minimum absolute atomic E-state index is 0.0778. The number of benzene rings is 2. The van der Waals surface area contributed by atoms with Gasteiger partial charge in [0, 0.05) is 51.2 Å². The molecule has 0 aromatic heterocycles. The van der Waals surface area contributed by atoms with Crippen LogP contribution in [0, 0.1) is 0 Å². The molecule has 1 N–H and O–H groups in total. The monoisotopic (exact) mass is 399 g/mol. The second-order valence-corrected chi connectivity index (χ2v) is 6.86. The predicted molar refractivity (Wildman–Crippen MR) is 114 cm³/mol. The average Bonchev–Trinajstić information content (AvgIpc) is 2.77. The predicted octanol–water partition coefficient (Wildman–Crippen LogP) is 2.48. The van der Waals surface area contributed by atoms with E-state index >= 15 is 0 Å². The first-order chi connectivity index (χ1) is 14.2. The summed E-state index contributed by atoms with van der Waals surface area (Å²) in [5.41, 5.74) is 1.92. The van der Waals surface area contributed by atoms with Crippen LogP contribution in [0.1, 0.15) is 0 Å². The number of ether oxygens (including phenoxy) is 3. The molecule has 0 atom stereocenters. The lowest BCUT2D eigenvalue weighted by molar-refractivity contribution is -0.118. The van der Waals surface area contributed by atoms with Crippen LogP contribution in [0.2, 0.25) is 0 Å². The van der Waals surface area contributed by atoms with E-state index in [-0.39, 0.29) is 12.5 Å². The molecule has 3 rings (SSSR count). The first-order valence-corrected chi connectivity index (χ1v) is 9.81. The van der Waals surface area contributed by atoms with E-state index in [9.17, 15) is 4.79 Å².